The van der Waals surface area contributed by atoms with Crippen LogP contribution in [0.15, 0.2) is 0 Å². The summed E-state index contributed by atoms with van der Waals surface area (Å²) in [6, 6.07) is 0. The summed E-state index contributed by atoms with van der Waals surface area (Å²) >= 11 is 8.17. The number of thioether (sulfide) groups is 1. The first kappa shape index (κ1) is 12.3. The highest BCUT2D eigenvalue weighted by Gasteiger charge is 2.17. The third-order valence-corrected chi connectivity index (χ3v) is 4.77. The zero-order chi connectivity index (χ0) is 11.5. The number of rotatable bonds is 3. The molecule has 1 aliphatic heterocycles. The van der Waals surface area contributed by atoms with Gasteiger partial charge in [0.05, 0.1) is 5.69 Å². The summed E-state index contributed by atoms with van der Waals surface area (Å²) in [5.41, 5.74) is 2.23. The van der Waals surface area contributed by atoms with Crippen molar-refractivity contribution in [1.82, 2.24) is 9.78 Å². The van der Waals surface area contributed by atoms with Gasteiger partial charge in [-0.3, -0.25) is 4.68 Å². The molecule has 0 saturated carbocycles. The number of halogens is 1. The summed E-state index contributed by atoms with van der Waals surface area (Å²) in [5.74, 6) is 0.961. The Balaban J connectivity index is 1.93. The van der Waals surface area contributed by atoms with Crippen LogP contribution in [0.3, 0.4) is 0 Å². The van der Waals surface area contributed by atoms with Crippen LogP contribution in [-0.4, -0.2) is 28.2 Å². The number of nitrogens with zero attached hydrogens (tertiary/aromatic N) is 2. The Labute approximate surface area is 105 Å². The van der Waals surface area contributed by atoms with E-state index in [-0.39, 0.29) is 0 Å². The van der Waals surface area contributed by atoms with E-state index in [0.29, 0.717) is 5.25 Å². The highest BCUT2D eigenvalue weighted by atomic mass is 35.5. The molecule has 0 radical (unpaired) electrons. The van der Waals surface area contributed by atoms with Crippen LogP contribution in [0.2, 0.25) is 5.15 Å². The van der Waals surface area contributed by atoms with Gasteiger partial charge in [0.1, 0.15) is 5.15 Å². The van der Waals surface area contributed by atoms with Crippen molar-refractivity contribution < 1.29 is 4.74 Å². The highest BCUT2D eigenvalue weighted by Crippen LogP contribution is 2.29. The van der Waals surface area contributed by atoms with Crippen LogP contribution in [0.5, 0.6) is 0 Å². The van der Waals surface area contributed by atoms with E-state index in [1.165, 1.54) is 5.56 Å². The SMILES string of the molecule is Cc1nn(C)c(Cl)c1CSC1CCOCC1. The molecule has 1 saturated heterocycles. The van der Waals surface area contributed by atoms with Crippen molar-refractivity contribution in [2.45, 2.75) is 30.8 Å². The normalized spacial score (nSPS) is 17.9. The topological polar surface area (TPSA) is 27.1 Å². The zero-order valence-corrected chi connectivity index (χ0v) is 11.3. The number of hydrogen-bond acceptors (Lipinski definition) is 3. The first-order valence-electron chi connectivity index (χ1n) is 5.56. The van der Waals surface area contributed by atoms with E-state index >= 15 is 0 Å². The Morgan fingerprint density at radius 3 is 2.75 bits per heavy atom. The van der Waals surface area contributed by atoms with Crippen molar-refractivity contribution in [2.24, 2.45) is 7.05 Å². The van der Waals surface area contributed by atoms with Crippen molar-refractivity contribution >= 4 is 23.4 Å². The summed E-state index contributed by atoms with van der Waals surface area (Å²) in [7, 11) is 1.89. The maximum absolute atomic E-state index is 6.19. The minimum Gasteiger partial charge on any atom is -0.381 e. The molecule has 5 heteroatoms. The van der Waals surface area contributed by atoms with Crippen molar-refractivity contribution in [3.05, 3.63) is 16.4 Å². The molecule has 1 fully saturated rings. The van der Waals surface area contributed by atoms with Crippen molar-refractivity contribution in [2.75, 3.05) is 13.2 Å². The van der Waals surface area contributed by atoms with Gasteiger partial charge in [-0.25, -0.2) is 0 Å². The number of aromatic nitrogens is 2. The molecule has 1 aromatic rings. The number of ether oxygens (including phenoxy) is 1. The summed E-state index contributed by atoms with van der Waals surface area (Å²) in [5, 5.41) is 5.81. The van der Waals surface area contributed by atoms with E-state index in [9.17, 15) is 0 Å². The second-order valence-corrected chi connectivity index (χ2v) is 5.75. The van der Waals surface area contributed by atoms with Crippen LogP contribution < -0.4 is 0 Å². The van der Waals surface area contributed by atoms with E-state index in [4.69, 9.17) is 16.3 Å². The molecule has 16 heavy (non-hydrogen) atoms. The van der Waals surface area contributed by atoms with Gasteiger partial charge in [-0.15, -0.1) is 0 Å². The van der Waals surface area contributed by atoms with Gasteiger partial charge in [-0.2, -0.15) is 16.9 Å². The van der Waals surface area contributed by atoms with Crippen molar-refractivity contribution in [1.29, 1.82) is 0 Å². The average molecular weight is 261 g/mol. The molecule has 0 N–H and O–H groups in total. The lowest BCUT2D eigenvalue weighted by atomic mass is 10.2. The largest absolute Gasteiger partial charge is 0.381 e. The van der Waals surface area contributed by atoms with E-state index < -0.39 is 0 Å². The minimum atomic E-state index is 0.712. The van der Waals surface area contributed by atoms with Crippen LogP contribution in [-0.2, 0) is 17.5 Å². The Kier molecular flexibility index (Phi) is 4.16. The number of aryl methyl sites for hydroxylation is 2. The fraction of sp³-hybridized carbons (Fsp3) is 0.727. The van der Waals surface area contributed by atoms with Crippen molar-refractivity contribution in [3.63, 3.8) is 0 Å². The smallest absolute Gasteiger partial charge is 0.131 e. The molecule has 3 nitrogen and oxygen atoms in total. The van der Waals surface area contributed by atoms with Crippen LogP contribution in [0.1, 0.15) is 24.1 Å². The summed E-state index contributed by atoms with van der Waals surface area (Å²) in [6.45, 7) is 3.82. The average Bonchev–Trinajstić information content (AvgIpc) is 2.53. The maximum atomic E-state index is 6.19. The molecule has 2 heterocycles. The first-order valence-corrected chi connectivity index (χ1v) is 6.98. The molecule has 0 spiro atoms. The van der Waals surface area contributed by atoms with Crippen LogP contribution in [0.4, 0.5) is 0 Å². The fourth-order valence-corrected chi connectivity index (χ4v) is 3.48. The van der Waals surface area contributed by atoms with Crippen LogP contribution >= 0.6 is 23.4 Å². The molecular formula is C11H17ClN2OS. The molecule has 0 unspecified atom stereocenters. The Hall–Kier alpha value is -0.190. The Bertz CT molecular complexity index is 361. The highest BCUT2D eigenvalue weighted by molar-refractivity contribution is 7.99. The van der Waals surface area contributed by atoms with Crippen molar-refractivity contribution in [3.8, 4) is 0 Å². The first-order chi connectivity index (χ1) is 7.68. The lowest BCUT2D eigenvalue weighted by Crippen LogP contribution is -2.17. The predicted molar refractivity (Wildman–Crippen MR) is 68.1 cm³/mol. The minimum absolute atomic E-state index is 0.712. The lowest BCUT2D eigenvalue weighted by Gasteiger charge is -2.21. The second kappa shape index (κ2) is 5.43. The van der Waals surface area contributed by atoms with E-state index in [0.717, 1.165) is 42.7 Å². The van der Waals surface area contributed by atoms with Gasteiger partial charge in [-0.05, 0) is 19.8 Å². The van der Waals surface area contributed by atoms with E-state index in [1.807, 2.05) is 25.7 Å². The zero-order valence-electron chi connectivity index (χ0n) is 9.70. The molecule has 0 aliphatic carbocycles. The predicted octanol–water partition coefficient (Wildman–Crippen LogP) is 2.79. The monoisotopic (exact) mass is 260 g/mol. The molecule has 0 bridgehead atoms. The van der Waals surface area contributed by atoms with E-state index in [1.54, 1.807) is 4.68 Å². The van der Waals surface area contributed by atoms with Crippen LogP contribution in [0, 0.1) is 6.92 Å². The third kappa shape index (κ3) is 2.73. The second-order valence-electron chi connectivity index (χ2n) is 4.10. The van der Waals surface area contributed by atoms with Gasteiger partial charge in [0, 0.05) is 36.8 Å². The number of hydrogen-bond donors (Lipinski definition) is 0. The molecule has 0 aromatic carbocycles. The van der Waals surface area contributed by atoms with Crippen LogP contribution in [0.25, 0.3) is 0 Å². The standard InChI is InChI=1S/C11H17ClN2OS/c1-8-10(11(12)14(2)13-8)7-16-9-3-5-15-6-4-9/h9H,3-7H2,1-2H3. The van der Waals surface area contributed by atoms with Gasteiger partial charge in [0.15, 0.2) is 0 Å². The molecule has 0 amide bonds. The summed E-state index contributed by atoms with van der Waals surface area (Å²) in [4.78, 5) is 0. The van der Waals surface area contributed by atoms with Gasteiger partial charge in [0.25, 0.3) is 0 Å². The van der Waals surface area contributed by atoms with E-state index in [2.05, 4.69) is 5.10 Å². The molecule has 1 aromatic heterocycles. The molecule has 1 aliphatic rings. The van der Waals surface area contributed by atoms with Gasteiger partial charge in [-0.1, -0.05) is 11.6 Å². The third-order valence-electron chi connectivity index (χ3n) is 2.90. The Morgan fingerprint density at radius 2 is 2.19 bits per heavy atom. The van der Waals surface area contributed by atoms with Gasteiger partial charge in [0.2, 0.25) is 0 Å². The van der Waals surface area contributed by atoms with Gasteiger partial charge < -0.3 is 4.74 Å². The Morgan fingerprint density at radius 1 is 1.50 bits per heavy atom. The molecule has 0 atom stereocenters. The lowest BCUT2D eigenvalue weighted by molar-refractivity contribution is 0.1000. The fourth-order valence-electron chi connectivity index (χ4n) is 1.88. The quantitative estimate of drug-likeness (QED) is 0.836. The molecule has 90 valence electrons. The molecular weight excluding hydrogens is 244 g/mol. The van der Waals surface area contributed by atoms with Gasteiger partial charge >= 0.3 is 0 Å². The summed E-state index contributed by atoms with van der Waals surface area (Å²) < 4.78 is 7.09. The maximum Gasteiger partial charge on any atom is 0.131 e. The molecule has 2 rings (SSSR count). The summed E-state index contributed by atoms with van der Waals surface area (Å²) in [6.07, 6.45) is 2.31.